The van der Waals surface area contributed by atoms with Crippen LogP contribution in [-0.4, -0.2) is 17.9 Å². The molecule has 9 rings (SSSR count). The number of esters is 1. The van der Waals surface area contributed by atoms with Crippen LogP contribution in [0.3, 0.4) is 0 Å². The van der Waals surface area contributed by atoms with E-state index in [0.29, 0.717) is 46.2 Å². The minimum Gasteiger partial charge on any atom is -0.462 e. The number of Topliss-reactive ketones (excluding diaryl/α,β-unsaturated/α-hetero) is 1. The van der Waals surface area contributed by atoms with Crippen LogP contribution >= 0.6 is 0 Å². The molecule has 2 unspecified atom stereocenters. The van der Waals surface area contributed by atoms with Gasteiger partial charge in [-0.2, -0.15) is 0 Å². The molecule has 8 fully saturated rings. The predicted molar refractivity (Wildman–Crippen MR) is 252 cm³/mol. The van der Waals surface area contributed by atoms with E-state index in [4.69, 9.17) is 4.74 Å². The Bertz CT molecular complexity index is 1800. The lowest BCUT2D eigenvalue weighted by atomic mass is 9.32. The first kappa shape index (κ1) is 44.8. The molecule has 0 saturated heterocycles. The molecular formula is C58H92O3. The Morgan fingerprint density at radius 2 is 1.44 bits per heavy atom. The zero-order valence-electron chi connectivity index (χ0n) is 41.7. The van der Waals surface area contributed by atoms with Crippen molar-refractivity contribution in [3.63, 3.8) is 0 Å². The van der Waals surface area contributed by atoms with E-state index in [1.807, 2.05) is 0 Å². The van der Waals surface area contributed by atoms with Crippen LogP contribution < -0.4 is 0 Å². The SMILES string of the molecule is C=C(C)[C@@H]1CC[C@]2(C(=O)O[C@@H]3CC[C@@]4(C)C(=CC[C@@]5(C)[C@@H]6CC[C@H]([C@H](C)CCCC(C)C)[C@@]6(C)CC[C@@H]54)C3)CC[C@]3(C)[C@H](CC[C@@H]4[C@@]5(C)CCC(=O)C(C)(C)C5CC[C@]43C)C12. The second-order valence-electron chi connectivity index (χ2n) is 27.2. The number of carbonyl (C=O) groups excluding carboxylic acids is 2. The van der Waals surface area contributed by atoms with Crippen molar-refractivity contribution in [2.75, 3.05) is 0 Å². The maximum atomic E-state index is 15.3. The average Bonchev–Trinajstić information content (AvgIpc) is 3.77. The second-order valence-corrected chi connectivity index (χ2v) is 27.2. The van der Waals surface area contributed by atoms with Crippen LogP contribution in [-0.2, 0) is 14.3 Å². The Kier molecular flexibility index (Phi) is 10.9. The lowest BCUT2D eigenvalue weighted by molar-refractivity contribution is -0.237. The van der Waals surface area contributed by atoms with Gasteiger partial charge < -0.3 is 4.74 Å². The van der Waals surface area contributed by atoms with Crippen LogP contribution in [0, 0.1) is 102 Å². The molecule has 0 spiro atoms. The fraction of sp³-hybridized carbons (Fsp3) is 0.897. The third-order valence-corrected chi connectivity index (χ3v) is 24.3. The summed E-state index contributed by atoms with van der Waals surface area (Å²) in [6, 6.07) is 0. The molecule has 8 saturated carbocycles. The molecule has 3 heteroatoms. The van der Waals surface area contributed by atoms with Crippen molar-refractivity contribution >= 4 is 11.8 Å². The molecule has 342 valence electrons. The van der Waals surface area contributed by atoms with Crippen molar-refractivity contribution in [2.45, 2.75) is 224 Å². The minimum absolute atomic E-state index is 0.0145. The van der Waals surface area contributed by atoms with Crippen molar-refractivity contribution in [1.82, 2.24) is 0 Å². The summed E-state index contributed by atoms with van der Waals surface area (Å²) in [5.74, 6) is 7.12. The predicted octanol–water partition coefficient (Wildman–Crippen LogP) is 15.6. The zero-order valence-corrected chi connectivity index (χ0v) is 41.7. The highest BCUT2D eigenvalue weighted by Gasteiger charge is 2.73. The second kappa shape index (κ2) is 14.8. The zero-order chi connectivity index (χ0) is 43.9. The monoisotopic (exact) mass is 837 g/mol. The van der Waals surface area contributed by atoms with E-state index < -0.39 is 0 Å². The van der Waals surface area contributed by atoms with E-state index in [0.717, 1.165) is 81.0 Å². The van der Waals surface area contributed by atoms with Gasteiger partial charge in [-0.25, -0.2) is 0 Å². The molecule has 9 aliphatic rings. The van der Waals surface area contributed by atoms with Gasteiger partial charge in [0.15, 0.2) is 0 Å². The van der Waals surface area contributed by atoms with Gasteiger partial charge in [0, 0.05) is 18.3 Å². The van der Waals surface area contributed by atoms with Crippen molar-refractivity contribution in [3.05, 3.63) is 23.8 Å². The first-order valence-corrected chi connectivity index (χ1v) is 26.6. The van der Waals surface area contributed by atoms with Gasteiger partial charge in [0.1, 0.15) is 11.9 Å². The van der Waals surface area contributed by atoms with Gasteiger partial charge in [-0.1, -0.05) is 119 Å². The smallest absolute Gasteiger partial charge is 0.312 e. The first-order chi connectivity index (χ1) is 28.5. The highest BCUT2D eigenvalue weighted by molar-refractivity contribution is 5.85. The van der Waals surface area contributed by atoms with Crippen LogP contribution in [0.5, 0.6) is 0 Å². The fourth-order valence-corrected chi connectivity index (χ4v) is 21.0. The van der Waals surface area contributed by atoms with E-state index >= 15 is 4.79 Å². The summed E-state index contributed by atoms with van der Waals surface area (Å²) in [6.07, 6.45) is 27.7. The lowest BCUT2D eigenvalue weighted by Crippen LogP contribution is -2.66. The largest absolute Gasteiger partial charge is 0.462 e. The van der Waals surface area contributed by atoms with Crippen LogP contribution in [0.25, 0.3) is 0 Å². The summed E-state index contributed by atoms with van der Waals surface area (Å²) >= 11 is 0. The van der Waals surface area contributed by atoms with E-state index in [1.165, 1.54) is 89.0 Å². The third-order valence-electron chi connectivity index (χ3n) is 24.3. The van der Waals surface area contributed by atoms with Crippen molar-refractivity contribution in [1.29, 1.82) is 0 Å². The standard InChI is InChI=1S/C58H92O3/c1-36(2)15-14-16-38(5)42-17-19-45-53(42,9)29-24-46-52(8)28-22-40(35-39(52)21-27-55(45,46)11)61-50(60)58-32-23-41(37(3)4)49(58)43-18-20-47-54(10)30-26-48(59)51(6,7)44(54)25-31-57(47,13)56(43,12)33-34-58/h21,36,38,40-47,49H,3,14-20,22-35H2,1-2,4-13H3/t38-,40-,41+,42-,43-,44?,45-,46-,47-,49?,52+,53-,54+,55+,56-,57-,58+/m1/s1. The molecule has 0 heterocycles. The fourth-order valence-electron chi connectivity index (χ4n) is 21.0. The summed E-state index contributed by atoms with van der Waals surface area (Å²) in [5.41, 5.74) is 4.01. The van der Waals surface area contributed by atoms with Gasteiger partial charge in [0.05, 0.1) is 5.41 Å². The maximum absolute atomic E-state index is 15.3. The Morgan fingerprint density at radius 1 is 0.721 bits per heavy atom. The van der Waals surface area contributed by atoms with E-state index in [1.54, 1.807) is 5.57 Å². The van der Waals surface area contributed by atoms with E-state index in [9.17, 15) is 4.79 Å². The van der Waals surface area contributed by atoms with Crippen LogP contribution in [0.1, 0.15) is 218 Å². The van der Waals surface area contributed by atoms with E-state index in [-0.39, 0.29) is 44.6 Å². The van der Waals surface area contributed by atoms with Crippen molar-refractivity contribution in [3.8, 4) is 0 Å². The summed E-state index contributed by atoms with van der Waals surface area (Å²) < 4.78 is 7.01. The molecular weight excluding hydrogens is 745 g/mol. The minimum atomic E-state index is -0.379. The molecule has 0 N–H and O–H groups in total. The summed E-state index contributed by atoms with van der Waals surface area (Å²) in [6.45, 7) is 34.9. The van der Waals surface area contributed by atoms with E-state index in [2.05, 4.69) is 95.7 Å². The molecule has 0 aromatic heterocycles. The third kappa shape index (κ3) is 6.16. The van der Waals surface area contributed by atoms with Gasteiger partial charge in [-0.15, -0.1) is 0 Å². The summed E-state index contributed by atoms with van der Waals surface area (Å²) in [7, 11) is 0. The summed E-state index contributed by atoms with van der Waals surface area (Å²) in [4.78, 5) is 28.6. The Hall–Kier alpha value is -1.38. The number of hydrogen-bond donors (Lipinski definition) is 0. The molecule has 0 bridgehead atoms. The number of hydrogen-bond acceptors (Lipinski definition) is 3. The van der Waals surface area contributed by atoms with Gasteiger partial charge in [0.25, 0.3) is 0 Å². The highest BCUT2D eigenvalue weighted by Crippen LogP contribution is 2.78. The average molecular weight is 837 g/mol. The number of fused-ring (bicyclic) bond motifs is 12. The molecule has 0 aromatic carbocycles. The molecule has 3 nitrogen and oxygen atoms in total. The molecule has 0 aliphatic heterocycles. The lowest BCUT2D eigenvalue weighted by Gasteiger charge is -2.72. The topological polar surface area (TPSA) is 43.4 Å². The highest BCUT2D eigenvalue weighted by atomic mass is 16.5. The van der Waals surface area contributed by atoms with Crippen molar-refractivity contribution in [2.24, 2.45) is 102 Å². The molecule has 17 atom stereocenters. The van der Waals surface area contributed by atoms with Crippen LogP contribution in [0.15, 0.2) is 23.8 Å². The number of rotatable bonds is 8. The van der Waals surface area contributed by atoms with Gasteiger partial charge >= 0.3 is 5.97 Å². The normalized spacial score (nSPS) is 51.4. The molecule has 0 aromatic rings. The van der Waals surface area contributed by atoms with Gasteiger partial charge in [0.2, 0.25) is 0 Å². The Labute approximate surface area is 375 Å². The quantitative estimate of drug-likeness (QED) is 0.181. The number of carbonyl (C=O) groups is 2. The number of ketones is 1. The number of ether oxygens (including phenoxy) is 1. The van der Waals surface area contributed by atoms with Gasteiger partial charge in [-0.05, 0) is 201 Å². The molecule has 0 radical (unpaired) electrons. The van der Waals surface area contributed by atoms with Crippen LogP contribution in [0.2, 0.25) is 0 Å². The Morgan fingerprint density at radius 3 is 2.16 bits per heavy atom. The maximum Gasteiger partial charge on any atom is 0.312 e. The first-order valence-electron chi connectivity index (χ1n) is 26.6. The molecule has 61 heavy (non-hydrogen) atoms. The molecule has 9 aliphatic carbocycles. The van der Waals surface area contributed by atoms with Crippen molar-refractivity contribution < 1.29 is 14.3 Å². The number of allylic oxidation sites excluding steroid dienone is 2. The Balaban J connectivity index is 0.924. The summed E-state index contributed by atoms with van der Waals surface area (Å²) in [5, 5.41) is 0. The molecule has 0 amide bonds. The van der Waals surface area contributed by atoms with Gasteiger partial charge in [-0.3, -0.25) is 9.59 Å². The van der Waals surface area contributed by atoms with Crippen LogP contribution in [0.4, 0.5) is 0 Å².